The second kappa shape index (κ2) is 7.78. The van der Waals surface area contributed by atoms with Gasteiger partial charge in [0.25, 0.3) is 10.0 Å². The normalized spacial score (nSPS) is 14.7. The van der Waals surface area contributed by atoms with E-state index in [0.29, 0.717) is 43.3 Å². The molecule has 1 amide bonds. The van der Waals surface area contributed by atoms with Gasteiger partial charge in [-0.15, -0.1) is 10.2 Å². The van der Waals surface area contributed by atoms with Crippen molar-refractivity contribution < 1.29 is 17.9 Å². The van der Waals surface area contributed by atoms with E-state index in [1.165, 1.54) is 13.2 Å². The van der Waals surface area contributed by atoms with E-state index in [1.807, 2.05) is 4.90 Å². The molecule has 0 saturated carbocycles. The molecule has 1 aliphatic heterocycles. The molecule has 2 heterocycles. The Balaban J connectivity index is 1.71. The highest BCUT2D eigenvalue weighted by Crippen LogP contribution is 2.23. The van der Waals surface area contributed by atoms with Crippen molar-refractivity contribution in [3.8, 4) is 5.75 Å². The summed E-state index contributed by atoms with van der Waals surface area (Å²) in [5.41, 5.74) is 0.569. The van der Waals surface area contributed by atoms with Crippen LogP contribution in [0.3, 0.4) is 0 Å². The van der Waals surface area contributed by atoms with Gasteiger partial charge in [-0.3, -0.25) is 9.52 Å². The summed E-state index contributed by atoms with van der Waals surface area (Å²) in [6.07, 6.45) is 0.835. The standard InChI is InChI=1S/C17H21N5O4S/c1-13-11-14(26-2)3-4-15(13)27(24,25)20-16-5-6-17(19-18-16)22-9-7-21(12-23)8-10-22/h3-6,11-12H,7-10H2,1-2H3,(H,18,20). The molecule has 0 bridgehead atoms. The molecule has 0 unspecified atom stereocenters. The Kier molecular flexibility index (Phi) is 5.45. The Morgan fingerprint density at radius 2 is 1.85 bits per heavy atom. The van der Waals surface area contributed by atoms with Crippen LogP contribution in [-0.4, -0.2) is 63.2 Å². The number of hydrogen-bond acceptors (Lipinski definition) is 7. The summed E-state index contributed by atoms with van der Waals surface area (Å²) in [7, 11) is -2.26. The Labute approximate surface area is 158 Å². The number of piperazine rings is 1. The molecule has 1 saturated heterocycles. The van der Waals surface area contributed by atoms with Crippen molar-refractivity contribution in [1.82, 2.24) is 15.1 Å². The zero-order valence-electron chi connectivity index (χ0n) is 15.1. The van der Waals surface area contributed by atoms with E-state index in [0.717, 1.165) is 6.41 Å². The van der Waals surface area contributed by atoms with E-state index in [1.54, 1.807) is 36.1 Å². The molecule has 10 heteroatoms. The summed E-state index contributed by atoms with van der Waals surface area (Å²) in [4.78, 5) is 14.6. The minimum absolute atomic E-state index is 0.139. The number of carbonyl (C=O) groups excluding carboxylic acids is 1. The van der Waals surface area contributed by atoms with Gasteiger partial charge in [0.2, 0.25) is 6.41 Å². The number of amides is 1. The fourth-order valence-electron chi connectivity index (χ4n) is 2.85. The van der Waals surface area contributed by atoms with E-state index in [2.05, 4.69) is 14.9 Å². The van der Waals surface area contributed by atoms with Gasteiger partial charge in [-0.25, -0.2) is 8.42 Å². The molecule has 0 aliphatic carbocycles. The lowest BCUT2D eigenvalue weighted by Gasteiger charge is -2.32. The molecule has 1 aromatic carbocycles. The van der Waals surface area contributed by atoms with Gasteiger partial charge in [-0.05, 0) is 42.8 Å². The van der Waals surface area contributed by atoms with Crippen molar-refractivity contribution in [2.75, 3.05) is 42.9 Å². The van der Waals surface area contributed by atoms with Crippen LogP contribution in [0.5, 0.6) is 5.75 Å². The topological polar surface area (TPSA) is 105 Å². The molecule has 3 rings (SSSR count). The highest BCUT2D eigenvalue weighted by Gasteiger charge is 2.20. The average Bonchev–Trinajstić information content (AvgIpc) is 2.68. The quantitative estimate of drug-likeness (QED) is 0.729. The number of methoxy groups -OCH3 is 1. The zero-order valence-corrected chi connectivity index (χ0v) is 15.9. The lowest BCUT2D eigenvalue weighted by atomic mass is 10.2. The first-order valence-corrected chi connectivity index (χ1v) is 9.87. The molecule has 9 nitrogen and oxygen atoms in total. The molecule has 27 heavy (non-hydrogen) atoms. The first-order chi connectivity index (χ1) is 12.9. The Hall–Kier alpha value is -2.88. The lowest BCUT2D eigenvalue weighted by molar-refractivity contribution is -0.118. The van der Waals surface area contributed by atoms with E-state index >= 15 is 0 Å². The third-order valence-corrected chi connectivity index (χ3v) is 5.86. The number of nitrogens with one attached hydrogen (secondary N) is 1. The molecule has 1 N–H and O–H groups in total. The number of ether oxygens (including phenoxy) is 1. The monoisotopic (exact) mass is 391 g/mol. The van der Waals surface area contributed by atoms with Crippen molar-refractivity contribution >= 4 is 28.1 Å². The van der Waals surface area contributed by atoms with Crippen molar-refractivity contribution in [3.63, 3.8) is 0 Å². The maximum absolute atomic E-state index is 12.6. The van der Waals surface area contributed by atoms with Gasteiger partial charge in [0.1, 0.15) is 5.75 Å². The molecule has 1 aromatic heterocycles. The number of sulfonamides is 1. The van der Waals surface area contributed by atoms with Crippen molar-refractivity contribution in [3.05, 3.63) is 35.9 Å². The molecule has 2 aromatic rings. The number of aryl methyl sites for hydroxylation is 1. The van der Waals surface area contributed by atoms with Gasteiger partial charge in [0.05, 0.1) is 12.0 Å². The number of nitrogens with zero attached hydrogens (tertiary/aromatic N) is 4. The van der Waals surface area contributed by atoms with E-state index in [-0.39, 0.29) is 10.7 Å². The number of benzene rings is 1. The van der Waals surface area contributed by atoms with Crippen LogP contribution in [0.25, 0.3) is 0 Å². The van der Waals surface area contributed by atoms with Crippen LogP contribution in [-0.2, 0) is 14.8 Å². The number of rotatable bonds is 6. The van der Waals surface area contributed by atoms with Gasteiger partial charge in [0, 0.05) is 26.2 Å². The van der Waals surface area contributed by atoms with E-state index in [4.69, 9.17) is 4.74 Å². The molecular formula is C17H21N5O4S. The minimum Gasteiger partial charge on any atom is -0.497 e. The summed E-state index contributed by atoms with van der Waals surface area (Å²) >= 11 is 0. The van der Waals surface area contributed by atoms with Crippen molar-refractivity contribution in [1.29, 1.82) is 0 Å². The van der Waals surface area contributed by atoms with Crippen LogP contribution < -0.4 is 14.4 Å². The highest BCUT2D eigenvalue weighted by atomic mass is 32.2. The summed E-state index contributed by atoms with van der Waals surface area (Å²) in [5.74, 6) is 1.37. The fraction of sp³-hybridized carbons (Fsp3) is 0.353. The Bertz CT molecular complexity index is 909. The first kappa shape index (κ1) is 18.9. The van der Waals surface area contributed by atoms with Gasteiger partial charge < -0.3 is 14.5 Å². The summed E-state index contributed by atoms with van der Waals surface area (Å²) in [6, 6.07) is 8.02. The lowest BCUT2D eigenvalue weighted by Crippen LogP contribution is -2.46. The van der Waals surface area contributed by atoms with Crippen LogP contribution >= 0.6 is 0 Å². The SMILES string of the molecule is COc1ccc(S(=O)(=O)Nc2ccc(N3CCN(C=O)CC3)nn2)c(C)c1. The van der Waals surface area contributed by atoms with Crippen LogP contribution in [0.2, 0.25) is 0 Å². The zero-order chi connectivity index (χ0) is 19.4. The molecule has 0 atom stereocenters. The molecule has 144 valence electrons. The third-order valence-electron chi connectivity index (χ3n) is 4.35. The summed E-state index contributed by atoms with van der Waals surface area (Å²) < 4.78 is 32.8. The fourth-order valence-corrected chi connectivity index (χ4v) is 4.07. The largest absolute Gasteiger partial charge is 0.497 e. The van der Waals surface area contributed by atoms with Gasteiger partial charge in [0.15, 0.2) is 11.6 Å². The van der Waals surface area contributed by atoms with Gasteiger partial charge in [-0.1, -0.05) is 0 Å². The Morgan fingerprint density at radius 3 is 2.41 bits per heavy atom. The second-order valence-corrected chi connectivity index (χ2v) is 7.79. The third kappa shape index (κ3) is 4.27. The Morgan fingerprint density at radius 1 is 1.11 bits per heavy atom. The van der Waals surface area contributed by atoms with E-state index in [9.17, 15) is 13.2 Å². The predicted molar refractivity (Wildman–Crippen MR) is 100 cm³/mol. The molecular weight excluding hydrogens is 370 g/mol. The first-order valence-electron chi connectivity index (χ1n) is 8.38. The minimum atomic E-state index is -3.78. The van der Waals surface area contributed by atoms with Crippen molar-refractivity contribution in [2.45, 2.75) is 11.8 Å². The average molecular weight is 391 g/mol. The smallest absolute Gasteiger partial charge is 0.263 e. The second-order valence-electron chi connectivity index (χ2n) is 6.14. The van der Waals surface area contributed by atoms with Gasteiger partial charge >= 0.3 is 0 Å². The van der Waals surface area contributed by atoms with Crippen molar-refractivity contribution in [2.24, 2.45) is 0 Å². The summed E-state index contributed by atoms with van der Waals surface area (Å²) in [5, 5.41) is 8.08. The van der Waals surface area contributed by atoms with E-state index < -0.39 is 10.0 Å². The molecule has 1 fully saturated rings. The summed E-state index contributed by atoms with van der Waals surface area (Å²) in [6.45, 7) is 4.25. The number of anilines is 2. The maximum Gasteiger partial charge on any atom is 0.263 e. The van der Waals surface area contributed by atoms with Crippen LogP contribution in [0.15, 0.2) is 35.2 Å². The van der Waals surface area contributed by atoms with Crippen LogP contribution in [0.4, 0.5) is 11.6 Å². The molecule has 0 radical (unpaired) electrons. The maximum atomic E-state index is 12.6. The molecule has 1 aliphatic rings. The molecule has 0 spiro atoms. The van der Waals surface area contributed by atoms with Crippen LogP contribution in [0.1, 0.15) is 5.56 Å². The van der Waals surface area contributed by atoms with Crippen LogP contribution in [0, 0.1) is 6.92 Å². The highest BCUT2D eigenvalue weighted by molar-refractivity contribution is 7.92. The predicted octanol–water partition coefficient (Wildman–Crippen LogP) is 0.873. The number of hydrogen-bond donors (Lipinski definition) is 1. The van der Waals surface area contributed by atoms with Gasteiger partial charge in [-0.2, -0.15) is 0 Å². The number of aromatic nitrogens is 2. The number of carbonyl (C=O) groups is 1.